The molecule has 1 heterocycles. The fraction of sp³-hybridized carbons (Fsp3) is 0.267. The van der Waals surface area contributed by atoms with Crippen molar-refractivity contribution in [3.05, 3.63) is 45.9 Å². The Kier molecular flexibility index (Phi) is 5.98. The summed E-state index contributed by atoms with van der Waals surface area (Å²) in [5, 5.41) is 14.5. The third-order valence-corrected chi connectivity index (χ3v) is 3.66. The van der Waals surface area contributed by atoms with E-state index in [-0.39, 0.29) is 5.91 Å². The van der Waals surface area contributed by atoms with Crippen LogP contribution in [0.2, 0.25) is 10.0 Å². The van der Waals surface area contributed by atoms with Crippen molar-refractivity contribution in [2.75, 3.05) is 17.2 Å². The van der Waals surface area contributed by atoms with Crippen LogP contribution in [0.5, 0.6) is 0 Å². The molecule has 0 radical (unpaired) electrons. The van der Waals surface area contributed by atoms with Crippen LogP contribution in [0.4, 0.5) is 11.6 Å². The summed E-state index contributed by atoms with van der Waals surface area (Å²) in [6.45, 7) is 2.97. The molecule has 0 fully saturated rings. The number of unbranched alkanes of at least 4 members (excludes halogenated alkanes) is 1. The predicted octanol–water partition coefficient (Wildman–Crippen LogP) is 4.25. The average molecular weight is 339 g/mol. The summed E-state index contributed by atoms with van der Waals surface area (Å²) in [6, 6.07) is 8.14. The normalized spacial score (nSPS) is 10.3. The van der Waals surface area contributed by atoms with Crippen molar-refractivity contribution in [2.45, 2.75) is 19.8 Å². The fourth-order valence-electron chi connectivity index (χ4n) is 1.71. The third-order valence-electron chi connectivity index (χ3n) is 2.92. The van der Waals surface area contributed by atoms with E-state index in [0.29, 0.717) is 27.2 Å². The first-order valence-electron chi connectivity index (χ1n) is 6.94. The van der Waals surface area contributed by atoms with Crippen LogP contribution in [0, 0.1) is 0 Å². The minimum absolute atomic E-state index is 0.320. The van der Waals surface area contributed by atoms with Crippen LogP contribution in [0.15, 0.2) is 30.3 Å². The van der Waals surface area contributed by atoms with Crippen molar-refractivity contribution in [1.82, 2.24) is 10.2 Å². The third kappa shape index (κ3) is 4.58. The molecule has 0 aliphatic rings. The molecular weight excluding hydrogens is 323 g/mol. The zero-order valence-electron chi connectivity index (χ0n) is 12.1. The molecule has 116 valence electrons. The second kappa shape index (κ2) is 7.96. The number of hydrogen-bond donors (Lipinski definition) is 2. The summed E-state index contributed by atoms with van der Waals surface area (Å²) in [6.07, 6.45) is 2.18. The van der Waals surface area contributed by atoms with Gasteiger partial charge in [-0.3, -0.25) is 4.79 Å². The molecule has 2 N–H and O–H groups in total. The lowest BCUT2D eigenvalue weighted by Gasteiger charge is -2.07. The van der Waals surface area contributed by atoms with E-state index in [1.165, 1.54) is 6.07 Å². The number of halogens is 2. The van der Waals surface area contributed by atoms with Gasteiger partial charge in [0.15, 0.2) is 5.82 Å². The molecule has 0 aliphatic carbocycles. The molecule has 1 aromatic carbocycles. The molecule has 22 heavy (non-hydrogen) atoms. The first-order chi connectivity index (χ1) is 10.6. The first kappa shape index (κ1) is 16.5. The number of hydrogen-bond acceptors (Lipinski definition) is 4. The van der Waals surface area contributed by atoms with Gasteiger partial charge in [-0.15, -0.1) is 10.2 Å². The highest BCUT2D eigenvalue weighted by Gasteiger charge is 2.09. The summed E-state index contributed by atoms with van der Waals surface area (Å²) in [5.74, 6) is 0.734. The van der Waals surface area contributed by atoms with Crippen molar-refractivity contribution in [3.8, 4) is 0 Å². The Morgan fingerprint density at radius 2 is 1.82 bits per heavy atom. The first-order valence-corrected chi connectivity index (χ1v) is 7.69. The second-order valence-corrected chi connectivity index (χ2v) is 5.48. The Labute approximate surface area is 139 Å². The smallest absolute Gasteiger partial charge is 0.256 e. The van der Waals surface area contributed by atoms with Crippen molar-refractivity contribution in [2.24, 2.45) is 0 Å². The van der Waals surface area contributed by atoms with Gasteiger partial charge < -0.3 is 10.6 Å². The predicted molar refractivity (Wildman–Crippen MR) is 89.8 cm³/mol. The Morgan fingerprint density at radius 3 is 2.45 bits per heavy atom. The standard InChI is InChI=1S/C15H16Cl2N4O/c1-2-3-8-18-13-6-7-14(21-20-13)19-15(22)10-4-5-11(16)12(17)9-10/h4-7,9H,2-3,8H2,1H3,(H,18,20)(H,19,21,22). The molecule has 0 unspecified atom stereocenters. The number of nitrogens with one attached hydrogen (secondary N) is 2. The quantitative estimate of drug-likeness (QED) is 0.772. The van der Waals surface area contributed by atoms with Gasteiger partial charge in [0.25, 0.3) is 5.91 Å². The Bertz CT molecular complexity index is 646. The number of carbonyl (C=O) groups excluding carboxylic acids is 1. The molecular formula is C15H16Cl2N4O. The zero-order valence-corrected chi connectivity index (χ0v) is 13.6. The number of anilines is 2. The van der Waals surface area contributed by atoms with Gasteiger partial charge in [-0.05, 0) is 36.8 Å². The Morgan fingerprint density at radius 1 is 1.09 bits per heavy atom. The van der Waals surface area contributed by atoms with E-state index in [1.54, 1.807) is 24.3 Å². The number of benzene rings is 1. The lowest BCUT2D eigenvalue weighted by atomic mass is 10.2. The van der Waals surface area contributed by atoms with Gasteiger partial charge in [0.1, 0.15) is 5.82 Å². The molecule has 1 amide bonds. The minimum Gasteiger partial charge on any atom is -0.369 e. The summed E-state index contributed by atoms with van der Waals surface area (Å²) >= 11 is 11.7. The van der Waals surface area contributed by atoms with E-state index >= 15 is 0 Å². The summed E-state index contributed by atoms with van der Waals surface area (Å²) in [7, 11) is 0. The van der Waals surface area contributed by atoms with E-state index in [0.717, 1.165) is 19.4 Å². The molecule has 0 saturated heterocycles. The summed E-state index contributed by atoms with van der Waals surface area (Å²) in [5.41, 5.74) is 0.404. The highest BCUT2D eigenvalue weighted by atomic mass is 35.5. The SMILES string of the molecule is CCCCNc1ccc(NC(=O)c2ccc(Cl)c(Cl)c2)nn1. The molecule has 0 saturated carbocycles. The molecule has 2 aromatic rings. The van der Waals surface area contributed by atoms with Crippen molar-refractivity contribution in [3.63, 3.8) is 0 Å². The highest BCUT2D eigenvalue weighted by Crippen LogP contribution is 2.23. The lowest BCUT2D eigenvalue weighted by Crippen LogP contribution is -2.14. The van der Waals surface area contributed by atoms with Gasteiger partial charge in [-0.1, -0.05) is 36.5 Å². The van der Waals surface area contributed by atoms with Crippen molar-refractivity contribution < 1.29 is 4.79 Å². The van der Waals surface area contributed by atoms with E-state index in [9.17, 15) is 4.79 Å². The number of aromatic nitrogens is 2. The minimum atomic E-state index is -0.320. The maximum atomic E-state index is 12.1. The highest BCUT2D eigenvalue weighted by molar-refractivity contribution is 6.42. The van der Waals surface area contributed by atoms with Crippen LogP contribution >= 0.6 is 23.2 Å². The topological polar surface area (TPSA) is 66.9 Å². The molecule has 5 nitrogen and oxygen atoms in total. The van der Waals surface area contributed by atoms with Gasteiger partial charge in [0.2, 0.25) is 0 Å². The second-order valence-electron chi connectivity index (χ2n) is 4.67. The van der Waals surface area contributed by atoms with Crippen LogP contribution in [0.25, 0.3) is 0 Å². The number of carbonyl (C=O) groups is 1. The molecule has 7 heteroatoms. The molecule has 0 bridgehead atoms. The van der Waals surface area contributed by atoms with Gasteiger partial charge in [-0.2, -0.15) is 0 Å². The molecule has 0 spiro atoms. The monoisotopic (exact) mass is 338 g/mol. The van der Waals surface area contributed by atoms with Crippen LogP contribution in [-0.2, 0) is 0 Å². The largest absolute Gasteiger partial charge is 0.369 e. The lowest BCUT2D eigenvalue weighted by molar-refractivity contribution is 0.102. The van der Waals surface area contributed by atoms with Crippen molar-refractivity contribution in [1.29, 1.82) is 0 Å². The van der Waals surface area contributed by atoms with Gasteiger partial charge in [-0.25, -0.2) is 0 Å². The molecule has 2 rings (SSSR count). The van der Waals surface area contributed by atoms with E-state index in [4.69, 9.17) is 23.2 Å². The Hall–Kier alpha value is -1.85. The van der Waals surface area contributed by atoms with Crippen LogP contribution < -0.4 is 10.6 Å². The fourth-order valence-corrected chi connectivity index (χ4v) is 2.01. The molecule has 1 aromatic heterocycles. The summed E-state index contributed by atoms with van der Waals surface area (Å²) < 4.78 is 0. The van der Waals surface area contributed by atoms with Gasteiger partial charge in [0.05, 0.1) is 10.0 Å². The Balaban J connectivity index is 1.97. The van der Waals surface area contributed by atoms with E-state index in [1.807, 2.05) is 0 Å². The maximum absolute atomic E-state index is 12.1. The van der Waals surface area contributed by atoms with Gasteiger partial charge >= 0.3 is 0 Å². The average Bonchev–Trinajstić information content (AvgIpc) is 2.52. The van der Waals surface area contributed by atoms with Crippen LogP contribution in [-0.4, -0.2) is 22.6 Å². The number of amides is 1. The van der Waals surface area contributed by atoms with Crippen molar-refractivity contribution >= 4 is 40.7 Å². The molecule has 0 aliphatic heterocycles. The summed E-state index contributed by atoms with van der Waals surface area (Å²) in [4.78, 5) is 12.1. The maximum Gasteiger partial charge on any atom is 0.256 e. The van der Waals surface area contributed by atoms with E-state index in [2.05, 4.69) is 27.8 Å². The number of nitrogens with zero attached hydrogens (tertiary/aromatic N) is 2. The zero-order chi connectivity index (χ0) is 15.9. The molecule has 0 atom stereocenters. The van der Waals surface area contributed by atoms with Gasteiger partial charge in [0, 0.05) is 12.1 Å². The van der Waals surface area contributed by atoms with Crippen LogP contribution in [0.3, 0.4) is 0 Å². The number of rotatable bonds is 6. The van der Waals surface area contributed by atoms with E-state index < -0.39 is 0 Å². The van der Waals surface area contributed by atoms with Crippen LogP contribution in [0.1, 0.15) is 30.1 Å².